The van der Waals surface area contributed by atoms with E-state index in [-0.39, 0.29) is 52.3 Å². The Hall–Kier alpha value is -2.61. The lowest BCUT2D eigenvalue weighted by atomic mass is 9.73. The molecule has 3 unspecified atom stereocenters. The summed E-state index contributed by atoms with van der Waals surface area (Å²) in [5.74, 6) is -6.19. The molecule has 2 saturated carbocycles. The van der Waals surface area contributed by atoms with Crippen LogP contribution in [0.15, 0.2) is 35.2 Å². The van der Waals surface area contributed by atoms with Crippen LogP contribution in [0.3, 0.4) is 0 Å². The molecular weight excluding hydrogens is 493 g/mol. The SMILES string of the molecule is N#CCC1(O)C2CC[C@H]1CC(S(=O)(=O)c1cc(C(=O)Nc3cc(F)c(F)c(F)c3)ccc1Cl)C2. The number of carbonyl (C=O) groups is 1. The van der Waals surface area contributed by atoms with Crippen molar-refractivity contribution < 1.29 is 31.5 Å². The lowest BCUT2D eigenvalue weighted by Gasteiger charge is -2.41. The number of sulfone groups is 1. The van der Waals surface area contributed by atoms with Crippen LogP contribution >= 0.6 is 11.6 Å². The number of benzene rings is 2. The Morgan fingerprint density at radius 3 is 2.29 bits per heavy atom. The predicted octanol–water partition coefficient (Wildman–Crippen LogP) is 4.62. The predicted molar refractivity (Wildman–Crippen MR) is 117 cm³/mol. The van der Waals surface area contributed by atoms with Crippen LogP contribution < -0.4 is 5.32 Å². The lowest BCUT2D eigenvalue weighted by molar-refractivity contribution is -0.0540. The van der Waals surface area contributed by atoms with Crippen LogP contribution in [0.1, 0.15) is 42.5 Å². The molecule has 0 saturated heterocycles. The highest BCUT2D eigenvalue weighted by molar-refractivity contribution is 7.92. The summed E-state index contributed by atoms with van der Waals surface area (Å²) in [6, 6.07) is 6.77. The molecular formula is C23H20ClF3N2O4S. The highest BCUT2D eigenvalue weighted by atomic mass is 35.5. The van der Waals surface area contributed by atoms with Gasteiger partial charge in [-0.25, -0.2) is 21.6 Å². The highest BCUT2D eigenvalue weighted by Crippen LogP contribution is 2.53. The maximum atomic E-state index is 13.5. The van der Waals surface area contributed by atoms with Gasteiger partial charge >= 0.3 is 0 Å². The van der Waals surface area contributed by atoms with Gasteiger partial charge in [-0.3, -0.25) is 4.79 Å². The van der Waals surface area contributed by atoms with Crippen molar-refractivity contribution in [1.82, 2.24) is 0 Å². The van der Waals surface area contributed by atoms with Gasteiger partial charge in [-0.2, -0.15) is 5.26 Å². The fraction of sp³-hybridized carbons (Fsp3) is 0.391. The number of aliphatic hydroxyl groups is 1. The Kier molecular flexibility index (Phi) is 6.40. The van der Waals surface area contributed by atoms with Gasteiger partial charge in [-0.1, -0.05) is 11.6 Å². The van der Waals surface area contributed by atoms with Gasteiger partial charge in [0.2, 0.25) is 0 Å². The van der Waals surface area contributed by atoms with Gasteiger partial charge in [0.1, 0.15) is 0 Å². The molecule has 180 valence electrons. The average Bonchev–Trinajstić information content (AvgIpc) is 2.93. The van der Waals surface area contributed by atoms with Crippen LogP contribution in [-0.4, -0.2) is 30.3 Å². The summed E-state index contributed by atoms with van der Waals surface area (Å²) in [6.07, 6.45) is 1.51. The lowest BCUT2D eigenvalue weighted by Crippen LogP contribution is -2.47. The van der Waals surface area contributed by atoms with E-state index in [0.29, 0.717) is 25.0 Å². The molecule has 2 aliphatic carbocycles. The van der Waals surface area contributed by atoms with Gasteiger partial charge in [-0.15, -0.1) is 0 Å². The number of nitrogens with one attached hydrogen (secondary N) is 1. The Labute approximate surface area is 199 Å². The van der Waals surface area contributed by atoms with Crippen molar-refractivity contribution in [2.24, 2.45) is 11.8 Å². The van der Waals surface area contributed by atoms with E-state index in [0.717, 1.165) is 6.07 Å². The van der Waals surface area contributed by atoms with Crippen molar-refractivity contribution in [3.8, 4) is 6.07 Å². The van der Waals surface area contributed by atoms with Crippen molar-refractivity contribution in [2.45, 2.75) is 47.9 Å². The maximum Gasteiger partial charge on any atom is 0.255 e. The smallest absolute Gasteiger partial charge is 0.255 e. The van der Waals surface area contributed by atoms with E-state index in [9.17, 15) is 31.5 Å². The molecule has 6 nitrogen and oxygen atoms in total. The van der Waals surface area contributed by atoms with Gasteiger partial charge in [0, 0.05) is 23.4 Å². The van der Waals surface area contributed by atoms with Gasteiger partial charge in [0.25, 0.3) is 5.91 Å². The molecule has 1 amide bonds. The van der Waals surface area contributed by atoms with Crippen LogP contribution in [0.4, 0.5) is 18.9 Å². The van der Waals surface area contributed by atoms with Crippen LogP contribution in [0, 0.1) is 40.6 Å². The van der Waals surface area contributed by atoms with Crippen molar-refractivity contribution in [2.75, 3.05) is 5.32 Å². The normalized spacial score (nSPS) is 26.2. The van der Waals surface area contributed by atoms with E-state index in [4.69, 9.17) is 16.9 Å². The second-order valence-corrected chi connectivity index (χ2v) is 11.4. The zero-order valence-corrected chi connectivity index (χ0v) is 19.3. The number of nitriles is 1. The summed E-state index contributed by atoms with van der Waals surface area (Å²) >= 11 is 6.17. The number of halogens is 4. The number of anilines is 1. The van der Waals surface area contributed by atoms with Gasteiger partial charge < -0.3 is 10.4 Å². The van der Waals surface area contributed by atoms with E-state index in [1.165, 1.54) is 12.1 Å². The van der Waals surface area contributed by atoms with E-state index >= 15 is 0 Å². The number of carbonyl (C=O) groups excluding carboxylic acids is 1. The third-order valence-electron chi connectivity index (χ3n) is 6.91. The second kappa shape index (κ2) is 8.87. The number of amides is 1. The largest absolute Gasteiger partial charge is 0.388 e. The summed E-state index contributed by atoms with van der Waals surface area (Å²) in [7, 11) is -4.01. The van der Waals surface area contributed by atoms with Crippen molar-refractivity contribution in [3.63, 3.8) is 0 Å². The maximum absolute atomic E-state index is 13.5. The number of nitrogens with zero attached hydrogens (tertiary/aromatic N) is 1. The second-order valence-electron chi connectivity index (χ2n) is 8.79. The zero-order chi connectivity index (χ0) is 24.8. The topological polar surface area (TPSA) is 107 Å². The van der Waals surface area contributed by atoms with Gasteiger partial charge in [0.15, 0.2) is 27.3 Å². The molecule has 2 aromatic rings. The molecule has 0 aromatic heterocycles. The molecule has 34 heavy (non-hydrogen) atoms. The highest BCUT2D eigenvalue weighted by Gasteiger charge is 2.55. The monoisotopic (exact) mass is 512 g/mol. The minimum absolute atomic E-state index is 0.0594. The summed E-state index contributed by atoms with van der Waals surface area (Å²) in [5.41, 5.74) is -1.68. The fourth-order valence-electron chi connectivity index (χ4n) is 5.15. The summed E-state index contributed by atoms with van der Waals surface area (Å²) in [6.45, 7) is 0. The number of rotatable bonds is 5. The molecule has 2 fully saturated rings. The Morgan fingerprint density at radius 1 is 1.15 bits per heavy atom. The molecule has 0 spiro atoms. The Balaban J connectivity index is 1.60. The fourth-order valence-corrected chi connectivity index (χ4v) is 7.55. The number of fused-ring (bicyclic) bond motifs is 2. The van der Waals surface area contributed by atoms with E-state index < -0.39 is 44.0 Å². The molecule has 2 aromatic carbocycles. The summed E-state index contributed by atoms with van der Waals surface area (Å²) in [5, 5.41) is 21.3. The summed E-state index contributed by atoms with van der Waals surface area (Å²) in [4.78, 5) is 12.3. The zero-order valence-electron chi connectivity index (χ0n) is 17.7. The first-order chi connectivity index (χ1) is 16.0. The molecule has 4 atom stereocenters. The molecule has 11 heteroatoms. The Bertz CT molecular complexity index is 1270. The molecule has 4 rings (SSSR count). The number of hydrogen-bond donors (Lipinski definition) is 2. The molecule has 2 N–H and O–H groups in total. The molecule has 2 aliphatic rings. The average molecular weight is 513 g/mol. The van der Waals surface area contributed by atoms with Crippen LogP contribution in [0.2, 0.25) is 5.02 Å². The molecule has 2 bridgehead atoms. The van der Waals surface area contributed by atoms with E-state index in [1.54, 1.807) is 0 Å². The quantitative estimate of drug-likeness (QED) is 0.569. The standard InChI is InChI=1S/C23H20ClF3N2O4S/c24-17-4-1-12(22(30)29-15-10-18(25)21(27)19(26)11-15)7-20(17)34(32,33)16-8-13-2-3-14(9-16)23(13,31)5-6-28/h1,4,7,10-11,13-14,16,31H,2-3,5,8-9H2,(H,29,30)/t13-,14?,16?,23?/m0/s1. The van der Waals surface area contributed by atoms with Crippen LogP contribution in [0.25, 0.3) is 0 Å². The first-order valence-corrected chi connectivity index (χ1v) is 12.5. The van der Waals surface area contributed by atoms with Crippen LogP contribution in [0.5, 0.6) is 0 Å². The third-order valence-corrected chi connectivity index (χ3v) is 9.57. The Morgan fingerprint density at radius 2 is 1.74 bits per heavy atom. The molecule has 0 aliphatic heterocycles. The van der Waals surface area contributed by atoms with Crippen LogP contribution in [-0.2, 0) is 9.84 Å². The van der Waals surface area contributed by atoms with Crippen molar-refractivity contribution in [3.05, 3.63) is 58.4 Å². The van der Waals surface area contributed by atoms with Gasteiger partial charge in [-0.05, 0) is 55.7 Å². The molecule has 0 heterocycles. The van der Waals surface area contributed by atoms with Crippen molar-refractivity contribution >= 4 is 33.0 Å². The number of hydrogen-bond acceptors (Lipinski definition) is 5. The van der Waals surface area contributed by atoms with Crippen molar-refractivity contribution in [1.29, 1.82) is 5.26 Å². The van der Waals surface area contributed by atoms with E-state index in [2.05, 4.69) is 5.32 Å². The van der Waals surface area contributed by atoms with Gasteiger partial charge in [0.05, 0.1) is 33.3 Å². The first kappa shape index (κ1) is 24.5. The van der Waals surface area contributed by atoms with E-state index in [1.807, 2.05) is 6.07 Å². The summed E-state index contributed by atoms with van der Waals surface area (Å²) < 4.78 is 66.9. The first-order valence-electron chi connectivity index (χ1n) is 10.6. The minimum Gasteiger partial charge on any atom is -0.388 e. The minimum atomic E-state index is -4.01. The third kappa shape index (κ3) is 4.17. The molecule has 0 radical (unpaired) electrons.